The fraction of sp³-hybridized carbons (Fsp3) is 0.391. The van der Waals surface area contributed by atoms with E-state index in [-0.39, 0.29) is 24.2 Å². The number of hydrogen-bond acceptors (Lipinski definition) is 2. The molecule has 2 amide bonds. The van der Waals surface area contributed by atoms with Crippen LogP contribution in [0.15, 0.2) is 42.5 Å². The van der Waals surface area contributed by atoms with Gasteiger partial charge in [0.05, 0.1) is 5.92 Å². The highest BCUT2D eigenvalue weighted by Crippen LogP contribution is 2.33. The van der Waals surface area contributed by atoms with Gasteiger partial charge in [-0.05, 0) is 61.1 Å². The van der Waals surface area contributed by atoms with Crippen molar-refractivity contribution >= 4 is 23.2 Å². The Hall–Kier alpha value is -2.62. The first kappa shape index (κ1) is 19.2. The standard InChI is InChI=1S/C23H28N2O2/c1-5-17(4)20-8-6-7-9-21(20)25-14-18(13-22(25)26)23(27)24-19-11-15(2)10-16(3)12-19/h6-12,17-18H,5,13-14H2,1-4H3,(H,24,27)/t17-,18+/m1/s1. The lowest BCUT2D eigenvalue weighted by Crippen LogP contribution is -2.29. The molecule has 1 aliphatic heterocycles. The van der Waals surface area contributed by atoms with E-state index >= 15 is 0 Å². The van der Waals surface area contributed by atoms with Crippen molar-refractivity contribution < 1.29 is 9.59 Å². The van der Waals surface area contributed by atoms with Gasteiger partial charge in [-0.2, -0.15) is 0 Å². The van der Waals surface area contributed by atoms with Crippen molar-refractivity contribution in [2.45, 2.75) is 46.5 Å². The lowest BCUT2D eigenvalue weighted by Gasteiger charge is -2.23. The molecule has 4 nitrogen and oxygen atoms in total. The van der Waals surface area contributed by atoms with Crippen LogP contribution in [0.3, 0.4) is 0 Å². The van der Waals surface area contributed by atoms with Gasteiger partial charge in [0.1, 0.15) is 0 Å². The Kier molecular flexibility index (Phi) is 5.64. The van der Waals surface area contributed by atoms with Gasteiger partial charge < -0.3 is 10.2 Å². The summed E-state index contributed by atoms with van der Waals surface area (Å²) < 4.78 is 0. The van der Waals surface area contributed by atoms with Crippen molar-refractivity contribution in [3.05, 3.63) is 59.2 Å². The number of aryl methyl sites for hydroxylation is 2. The lowest BCUT2D eigenvalue weighted by molar-refractivity contribution is -0.122. The van der Waals surface area contributed by atoms with E-state index in [4.69, 9.17) is 0 Å². The van der Waals surface area contributed by atoms with Gasteiger partial charge >= 0.3 is 0 Å². The average molecular weight is 364 g/mol. The van der Waals surface area contributed by atoms with E-state index in [0.717, 1.165) is 28.9 Å². The molecule has 1 N–H and O–H groups in total. The summed E-state index contributed by atoms with van der Waals surface area (Å²) in [6.07, 6.45) is 1.27. The molecule has 2 aromatic rings. The van der Waals surface area contributed by atoms with Crippen molar-refractivity contribution in [1.82, 2.24) is 0 Å². The Morgan fingerprint density at radius 2 is 1.85 bits per heavy atom. The largest absolute Gasteiger partial charge is 0.326 e. The fourth-order valence-electron chi connectivity index (χ4n) is 3.78. The van der Waals surface area contributed by atoms with Crippen molar-refractivity contribution in [1.29, 1.82) is 0 Å². The molecule has 1 aliphatic rings. The molecular formula is C23H28N2O2. The number of hydrogen-bond donors (Lipinski definition) is 1. The van der Waals surface area contributed by atoms with Crippen LogP contribution in [0, 0.1) is 19.8 Å². The lowest BCUT2D eigenvalue weighted by atomic mass is 9.96. The highest BCUT2D eigenvalue weighted by Gasteiger charge is 2.36. The molecule has 1 heterocycles. The Labute approximate surface area is 161 Å². The second kappa shape index (κ2) is 7.95. The molecule has 0 aliphatic carbocycles. The number of benzene rings is 2. The van der Waals surface area contributed by atoms with E-state index in [0.29, 0.717) is 12.5 Å². The molecule has 1 fully saturated rings. The topological polar surface area (TPSA) is 49.4 Å². The van der Waals surface area contributed by atoms with E-state index in [1.165, 1.54) is 5.56 Å². The Morgan fingerprint density at radius 1 is 1.19 bits per heavy atom. The summed E-state index contributed by atoms with van der Waals surface area (Å²) in [5.41, 5.74) is 5.12. The third-order valence-electron chi connectivity index (χ3n) is 5.36. The highest BCUT2D eigenvalue weighted by atomic mass is 16.2. The maximum Gasteiger partial charge on any atom is 0.229 e. The van der Waals surface area contributed by atoms with Crippen LogP contribution in [0.1, 0.15) is 49.3 Å². The molecule has 27 heavy (non-hydrogen) atoms. The Bertz CT molecular complexity index is 839. The van der Waals surface area contributed by atoms with Gasteiger partial charge in [-0.1, -0.05) is 38.1 Å². The molecule has 0 spiro atoms. The Balaban J connectivity index is 1.77. The minimum atomic E-state index is -0.330. The first-order valence-electron chi connectivity index (χ1n) is 9.67. The number of nitrogens with zero attached hydrogens (tertiary/aromatic N) is 1. The third-order valence-corrected chi connectivity index (χ3v) is 5.36. The number of amides is 2. The van der Waals surface area contributed by atoms with Gasteiger partial charge in [0.15, 0.2) is 0 Å². The predicted molar refractivity (Wildman–Crippen MR) is 110 cm³/mol. The molecule has 0 aromatic heterocycles. The first-order chi connectivity index (χ1) is 12.9. The van der Waals surface area contributed by atoms with E-state index in [9.17, 15) is 9.59 Å². The van der Waals surface area contributed by atoms with Gasteiger partial charge in [-0.15, -0.1) is 0 Å². The van der Waals surface area contributed by atoms with Gasteiger partial charge in [0.2, 0.25) is 11.8 Å². The second-order valence-corrected chi connectivity index (χ2v) is 7.64. The van der Waals surface area contributed by atoms with Crippen LogP contribution in [-0.4, -0.2) is 18.4 Å². The van der Waals surface area contributed by atoms with Crippen LogP contribution >= 0.6 is 0 Å². The molecular weight excluding hydrogens is 336 g/mol. The van der Waals surface area contributed by atoms with Crippen molar-refractivity contribution in [2.24, 2.45) is 5.92 Å². The van der Waals surface area contributed by atoms with Gasteiger partial charge in [0, 0.05) is 24.3 Å². The SMILES string of the molecule is CC[C@@H](C)c1ccccc1N1C[C@@H](C(=O)Nc2cc(C)cc(C)c2)CC1=O. The fourth-order valence-corrected chi connectivity index (χ4v) is 3.78. The normalized spacial score (nSPS) is 17.9. The number of carbonyl (C=O) groups excluding carboxylic acids is 2. The smallest absolute Gasteiger partial charge is 0.229 e. The molecule has 4 heteroatoms. The number of carbonyl (C=O) groups is 2. The van der Waals surface area contributed by atoms with Crippen LogP contribution < -0.4 is 10.2 Å². The molecule has 0 unspecified atom stereocenters. The average Bonchev–Trinajstić information content (AvgIpc) is 3.02. The summed E-state index contributed by atoms with van der Waals surface area (Å²) in [4.78, 5) is 27.2. The maximum absolute atomic E-state index is 12.7. The molecule has 1 saturated heterocycles. The summed E-state index contributed by atoms with van der Waals surface area (Å²) in [6.45, 7) is 8.77. The minimum Gasteiger partial charge on any atom is -0.326 e. The van der Waals surface area contributed by atoms with Crippen molar-refractivity contribution in [2.75, 3.05) is 16.8 Å². The zero-order valence-electron chi connectivity index (χ0n) is 16.6. The Morgan fingerprint density at radius 3 is 2.52 bits per heavy atom. The number of anilines is 2. The zero-order chi connectivity index (χ0) is 19.6. The molecule has 3 rings (SSSR count). The molecule has 0 radical (unpaired) electrons. The van der Waals surface area contributed by atoms with Gasteiger partial charge in [-0.25, -0.2) is 0 Å². The number of para-hydroxylation sites is 1. The number of rotatable bonds is 5. The molecule has 0 bridgehead atoms. The second-order valence-electron chi connectivity index (χ2n) is 7.64. The zero-order valence-corrected chi connectivity index (χ0v) is 16.6. The van der Waals surface area contributed by atoms with E-state index in [2.05, 4.69) is 31.3 Å². The molecule has 142 valence electrons. The summed E-state index contributed by atoms with van der Waals surface area (Å²) in [5, 5.41) is 2.99. The first-order valence-corrected chi connectivity index (χ1v) is 9.67. The van der Waals surface area contributed by atoms with E-state index < -0.39 is 0 Å². The van der Waals surface area contributed by atoms with Crippen molar-refractivity contribution in [3.63, 3.8) is 0 Å². The monoisotopic (exact) mass is 364 g/mol. The van der Waals surface area contributed by atoms with Crippen LogP contribution in [-0.2, 0) is 9.59 Å². The summed E-state index contributed by atoms with van der Waals surface area (Å²) >= 11 is 0. The molecule has 2 atom stereocenters. The molecule has 0 saturated carbocycles. The summed E-state index contributed by atoms with van der Waals surface area (Å²) in [6, 6.07) is 14.0. The van der Waals surface area contributed by atoms with Crippen LogP contribution in [0.5, 0.6) is 0 Å². The predicted octanol–water partition coefficient (Wildman–Crippen LogP) is 4.81. The molecule has 2 aromatic carbocycles. The van der Waals surface area contributed by atoms with Crippen LogP contribution in [0.4, 0.5) is 11.4 Å². The van der Waals surface area contributed by atoms with Crippen LogP contribution in [0.25, 0.3) is 0 Å². The number of nitrogens with one attached hydrogen (secondary N) is 1. The van der Waals surface area contributed by atoms with Gasteiger partial charge in [0.25, 0.3) is 0 Å². The van der Waals surface area contributed by atoms with Crippen LogP contribution in [0.2, 0.25) is 0 Å². The minimum absolute atomic E-state index is 0.0197. The van der Waals surface area contributed by atoms with E-state index in [1.807, 2.05) is 44.2 Å². The summed E-state index contributed by atoms with van der Waals surface area (Å²) in [7, 11) is 0. The quantitative estimate of drug-likeness (QED) is 0.828. The van der Waals surface area contributed by atoms with E-state index in [1.54, 1.807) is 4.90 Å². The van der Waals surface area contributed by atoms with Crippen molar-refractivity contribution in [3.8, 4) is 0 Å². The third kappa shape index (κ3) is 4.21. The highest BCUT2D eigenvalue weighted by molar-refractivity contribution is 6.04. The van der Waals surface area contributed by atoms with Gasteiger partial charge in [-0.3, -0.25) is 9.59 Å². The maximum atomic E-state index is 12.7. The summed E-state index contributed by atoms with van der Waals surface area (Å²) in [5.74, 6) is -0.0244.